The number of aryl methyl sites for hydroxylation is 1. The summed E-state index contributed by atoms with van der Waals surface area (Å²) in [7, 11) is 0. The number of hydrogen-bond acceptors (Lipinski definition) is 3. The van der Waals surface area contributed by atoms with Crippen molar-refractivity contribution in [3.63, 3.8) is 0 Å². The van der Waals surface area contributed by atoms with Gasteiger partial charge < -0.3 is 5.73 Å². The lowest BCUT2D eigenvalue weighted by Gasteiger charge is -2.07. The molecule has 0 radical (unpaired) electrons. The first kappa shape index (κ1) is 10.3. The van der Waals surface area contributed by atoms with Crippen LogP contribution >= 0.6 is 11.3 Å². The topological polar surface area (TPSA) is 38.9 Å². The van der Waals surface area contributed by atoms with Crippen LogP contribution in [0.15, 0.2) is 41.8 Å². The van der Waals surface area contributed by atoms with Crippen LogP contribution in [0.5, 0.6) is 0 Å². The van der Waals surface area contributed by atoms with Gasteiger partial charge in [-0.3, -0.25) is 0 Å². The monoisotopic (exact) mass is 240 g/mol. The molecule has 0 aliphatic carbocycles. The molecule has 0 aliphatic heterocycles. The number of thiophene rings is 1. The highest BCUT2D eigenvalue weighted by Gasteiger charge is 2.08. The normalized spacial score (nSPS) is 10.9. The van der Waals surface area contributed by atoms with E-state index in [1.165, 1.54) is 15.6 Å². The summed E-state index contributed by atoms with van der Waals surface area (Å²) >= 11 is 1.76. The van der Waals surface area contributed by atoms with E-state index >= 15 is 0 Å². The van der Waals surface area contributed by atoms with Gasteiger partial charge >= 0.3 is 0 Å². The van der Waals surface area contributed by atoms with Crippen LogP contribution in [0.25, 0.3) is 21.2 Å². The van der Waals surface area contributed by atoms with E-state index in [1.807, 2.05) is 19.1 Å². The van der Waals surface area contributed by atoms with Gasteiger partial charge in [-0.05, 0) is 35.9 Å². The van der Waals surface area contributed by atoms with E-state index in [-0.39, 0.29) is 0 Å². The molecule has 0 atom stereocenters. The molecule has 0 saturated heterocycles. The molecule has 2 nitrogen and oxygen atoms in total. The molecule has 3 aromatic rings. The molecule has 3 rings (SSSR count). The molecule has 2 heterocycles. The molecule has 0 unspecified atom stereocenters. The molecule has 0 amide bonds. The standard InChI is InChI=1S/C14H12N2S/c1-9-11(5-6-13(15)16-9)12-4-2-3-10-7-8-17-14(10)12/h2-8H,1H3,(H2,15,16). The van der Waals surface area contributed by atoms with Crippen molar-refractivity contribution < 1.29 is 0 Å². The molecule has 84 valence electrons. The number of nitrogens with zero attached hydrogens (tertiary/aromatic N) is 1. The van der Waals surface area contributed by atoms with Crippen molar-refractivity contribution in [3.05, 3.63) is 47.5 Å². The number of aromatic nitrogens is 1. The first-order chi connectivity index (χ1) is 8.25. The highest BCUT2D eigenvalue weighted by molar-refractivity contribution is 7.17. The molecule has 0 fully saturated rings. The molecule has 2 aromatic heterocycles. The van der Waals surface area contributed by atoms with Crippen molar-refractivity contribution >= 4 is 27.2 Å². The summed E-state index contributed by atoms with van der Waals surface area (Å²) in [6.45, 7) is 2.00. The minimum absolute atomic E-state index is 0.574. The Kier molecular flexibility index (Phi) is 2.34. The van der Waals surface area contributed by atoms with Gasteiger partial charge in [-0.2, -0.15) is 0 Å². The van der Waals surface area contributed by atoms with E-state index in [0.29, 0.717) is 5.82 Å². The van der Waals surface area contributed by atoms with Gasteiger partial charge in [0, 0.05) is 21.5 Å². The molecule has 0 spiro atoms. The number of rotatable bonds is 1. The summed E-state index contributed by atoms with van der Waals surface area (Å²) in [5.74, 6) is 0.574. The largest absolute Gasteiger partial charge is 0.384 e. The van der Waals surface area contributed by atoms with Gasteiger partial charge in [0.2, 0.25) is 0 Å². The lowest BCUT2D eigenvalue weighted by Crippen LogP contribution is -1.94. The van der Waals surface area contributed by atoms with Crippen molar-refractivity contribution in [1.29, 1.82) is 0 Å². The van der Waals surface area contributed by atoms with Gasteiger partial charge in [-0.25, -0.2) is 4.98 Å². The Hall–Kier alpha value is -1.87. The van der Waals surface area contributed by atoms with Crippen molar-refractivity contribution in [2.45, 2.75) is 6.92 Å². The summed E-state index contributed by atoms with van der Waals surface area (Å²) in [4.78, 5) is 4.32. The molecular weight excluding hydrogens is 228 g/mol. The minimum atomic E-state index is 0.574. The van der Waals surface area contributed by atoms with Crippen LogP contribution < -0.4 is 5.73 Å². The molecule has 2 N–H and O–H groups in total. The third-order valence-corrected chi connectivity index (χ3v) is 3.84. The van der Waals surface area contributed by atoms with Crippen molar-refractivity contribution in [2.24, 2.45) is 0 Å². The van der Waals surface area contributed by atoms with Crippen LogP contribution in [0.3, 0.4) is 0 Å². The van der Waals surface area contributed by atoms with Gasteiger partial charge in [0.1, 0.15) is 5.82 Å². The van der Waals surface area contributed by atoms with Crippen LogP contribution in [0, 0.1) is 6.92 Å². The molecule has 0 bridgehead atoms. The van der Waals surface area contributed by atoms with Crippen LogP contribution in [-0.2, 0) is 0 Å². The molecule has 17 heavy (non-hydrogen) atoms. The summed E-state index contributed by atoms with van der Waals surface area (Å²) in [5, 5.41) is 3.40. The Labute approximate surface area is 104 Å². The average molecular weight is 240 g/mol. The summed E-state index contributed by atoms with van der Waals surface area (Å²) < 4.78 is 1.31. The predicted octanol–water partition coefficient (Wildman–Crippen LogP) is 3.85. The van der Waals surface area contributed by atoms with Crippen molar-refractivity contribution in [3.8, 4) is 11.1 Å². The molecular formula is C14H12N2S. The van der Waals surface area contributed by atoms with Crippen LogP contribution in [0.1, 0.15) is 5.69 Å². The third kappa shape index (κ3) is 1.68. The average Bonchev–Trinajstić information content (AvgIpc) is 2.77. The van der Waals surface area contributed by atoms with Gasteiger partial charge in [0.05, 0.1) is 0 Å². The summed E-state index contributed by atoms with van der Waals surface area (Å²) in [6.07, 6.45) is 0. The number of nitrogen functional groups attached to an aromatic ring is 1. The summed E-state index contributed by atoms with van der Waals surface area (Å²) in [6, 6.07) is 12.4. The predicted molar refractivity (Wildman–Crippen MR) is 74.2 cm³/mol. The van der Waals surface area contributed by atoms with Crippen LogP contribution in [0.4, 0.5) is 5.82 Å². The van der Waals surface area contributed by atoms with Gasteiger partial charge in [-0.1, -0.05) is 18.2 Å². The summed E-state index contributed by atoms with van der Waals surface area (Å²) in [5.41, 5.74) is 9.07. The second-order valence-electron chi connectivity index (χ2n) is 4.01. The highest BCUT2D eigenvalue weighted by atomic mass is 32.1. The Balaban J connectivity index is 2.30. The van der Waals surface area contributed by atoms with E-state index in [0.717, 1.165) is 11.3 Å². The first-order valence-electron chi connectivity index (χ1n) is 5.45. The number of anilines is 1. The lowest BCUT2D eigenvalue weighted by atomic mass is 10.0. The van der Waals surface area contributed by atoms with Crippen LogP contribution in [0.2, 0.25) is 0 Å². The maximum absolute atomic E-state index is 5.69. The maximum atomic E-state index is 5.69. The zero-order valence-corrected chi connectivity index (χ0v) is 10.3. The highest BCUT2D eigenvalue weighted by Crippen LogP contribution is 2.33. The SMILES string of the molecule is Cc1nc(N)ccc1-c1cccc2ccsc12. The zero-order valence-electron chi connectivity index (χ0n) is 9.47. The lowest BCUT2D eigenvalue weighted by molar-refractivity contribution is 1.21. The first-order valence-corrected chi connectivity index (χ1v) is 6.33. The van der Waals surface area contributed by atoms with Gasteiger partial charge in [0.25, 0.3) is 0 Å². The smallest absolute Gasteiger partial charge is 0.123 e. The number of nitrogens with two attached hydrogens (primary N) is 1. The van der Waals surface area contributed by atoms with Gasteiger partial charge in [0.15, 0.2) is 0 Å². The van der Waals surface area contributed by atoms with E-state index in [2.05, 4.69) is 34.6 Å². The fourth-order valence-corrected chi connectivity index (χ4v) is 3.00. The van der Waals surface area contributed by atoms with E-state index in [4.69, 9.17) is 5.73 Å². The fraction of sp³-hybridized carbons (Fsp3) is 0.0714. The maximum Gasteiger partial charge on any atom is 0.123 e. The molecule has 1 aromatic carbocycles. The number of hydrogen-bond donors (Lipinski definition) is 1. The Bertz CT molecular complexity index is 686. The van der Waals surface area contributed by atoms with Crippen molar-refractivity contribution in [1.82, 2.24) is 4.98 Å². The quantitative estimate of drug-likeness (QED) is 0.701. The molecule has 0 aliphatic rings. The second kappa shape index (κ2) is 3.86. The minimum Gasteiger partial charge on any atom is -0.384 e. The fourth-order valence-electron chi connectivity index (χ4n) is 2.07. The molecule has 0 saturated carbocycles. The Morgan fingerprint density at radius 2 is 1.94 bits per heavy atom. The van der Waals surface area contributed by atoms with Crippen LogP contribution in [-0.4, -0.2) is 4.98 Å². The van der Waals surface area contributed by atoms with Crippen molar-refractivity contribution in [2.75, 3.05) is 5.73 Å². The van der Waals surface area contributed by atoms with E-state index in [1.54, 1.807) is 11.3 Å². The van der Waals surface area contributed by atoms with E-state index in [9.17, 15) is 0 Å². The molecule has 3 heteroatoms. The van der Waals surface area contributed by atoms with Gasteiger partial charge in [-0.15, -0.1) is 11.3 Å². The van der Waals surface area contributed by atoms with E-state index < -0.39 is 0 Å². The Morgan fingerprint density at radius 1 is 1.06 bits per heavy atom. The number of pyridine rings is 1. The zero-order chi connectivity index (χ0) is 11.8. The number of fused-ring (bicyclic) bond motifs is 1. The number of benzene rings is 1. The Morgan fingerprint density at radius 3 is 2.76 bits per heavy atom. The third-order valence-electron chi connectivity index (χ3n) is 2.88. The second-order valence-corrected chi connectivity index (χ2v) is 4.93.